The van der Waals surface area contributed by atoms with Crippen molar-refractivity contribution >= 4 is 47.2 Å². The zero-order chi connectivity index (χ0) is 13.2. The van der Waals surface area contributed by atoms with E-state index in [2.05, 4.69) is 4.98 Å². The maximum atomic E-state index is 12.1. The van der Waals surface area contributed by atoms with Gasteiger partial charge in [0.15, 0.2) is 0 Å². The Morgan fingerprint density at radius 2 is 1.83 bits per heavy atom. The highest BCUT2D eigenvalue weighted by molar-refractivity contribution is 6.43. The van der Waals surface area contributed by atoms with Crippen molar-refractivity contribution in [2.24, 2.45) is 5.73 Å². The minimum absolute atomic E-state index is 0. The fraction of sp³-hybridized carbons (Fsp3) is 0.444. The van der Waals surface area contributed by atoms with Gasteiger partial charge in [-0.15, -0.1) is 12.4 Å². The first-order chi connectivity index (χ1) is 7.72. The number of pyridine rings is 1. The highest BCUT2D eigenvalue weighted by atomic mass is 35.5. The number of halogens is 7. The van der Waals surface area contributed by atoms with E-state index < -0.39 is 18.6 Å². The topological polar surface area (TPSA) is 38.9 Å². The van der Waals surface area contributed by atoms with Gasteiger partial charge in [0.2, 0.25) is 0 Å². The third kappa shape index (κ3) is 4.97. The summed E-state index contributed by atoms with van der Waals surface area (Å²) in [6.45, 7) is 0. The molecule has 0 unspecified atom stereocenters. The number of nitrogens with zero attached hydrogens (tertiary/aromatic N) is 1. The maximum absolute atomic E-state index is 12.1. The summed E-state index contributed by atoms with van der Waals surface area (Å²) in [6.07, 6.45) is -4.39. The van der Waals surface area contributed by atoms with E-state index in [1.165, 1.54) is 6.20 Å². The standard InChI is InChI=1S/C9H8Cl3F3N2.ClH/c10-4-3-17-8(12)7(11)6(4)5(16)1-2-9(13,14)15;/h3,5H,1-2,16H2;1H/t5-;/m1./s1. The van der Waals surface area contributed by atoms with Gasteiger partial charge in [-0.1, -0.05) is 34.8 Å². The average Bonchev–Trinajstić information content (AvgIpc) is 2.20. The Morgan fingerprint density at radius 3 is 2.33 bits per heavy atom. The van der Waals surface area contributed by atoms with Crippen molar-refractivity contribution in [2.45, 2.75) is 25.1 Å². The number of hydrogen-bond acceptors (Lipinski definition) is 2. The van der Waals surface area contributed by atoms with Crippen LogP contribution in [0.3, 0.4) is 0 Å². The van der Waals surface area contributed by atoms with Gasteiger partial charge in [0.25, 0.3) is 0 Å². The third-order valence-electron chi connectivity index (χ3n) is 2.08. The van der Waals surface area contributed by atoms with E-state index in [1.54, 1.807) is 0 Å². The predicted octanol–water partition coefficient (Wildman–Crippen LogP) is 4.81. The molecule has 0 saturated carbocycles. The molecular weight excluding hydrogens is 335 g/mol. The van der Waals surface area contributed by atoms with Crippen LogP contribution in [-0.4, -0.2) is 11.2 Å². The number of aromatic nitrogens is 1. The molecular formula is C9H9Cl4F3N2. The van der Waals surface area contributed by atoms with E-state index in [4.69, 9.17) is 40.5 Å². The summed E-state index contributed by atoms with van der Waals surface area (Å²) in [6, 6.07) is -0.933. The molecule has 9 heteroatoms. The van der Waals surface area contributed by atoms with Crippen LogP contribution in [0.2, 0.25) is 15.2 Å². The SMILES string of the molecule is Cl.N[C@H](CCC(F)(F)F)c1c(Cl)cnc(Cl)c1Cl. The molecule has 1 atom stereocenters. The Balaban J connectivity index is 0.00000289. The van der Waals surface area contributed by atoms with Crippen molar-refractivity contribution in [3.8, 4) is 0 Å². The van der Waals surface area contributed by atoms with Crippen molar-refractivity contribution in [1.29, 1.82) is 0 Å². The van der Waals surface area contributed by atoms with Crippen LogP contribution in [0.1, 0.15) is 24.4 Å². The monoisotopic (exact) mass is 342 g/mol. The molecule has 0 aliphatic rings. The smallest absolute Gasteiger partial charge is 0.324 e. The molecule has 2 nitrogen and oxygen atoms in total. The molecule has 0 aliphatic heterocycles. The molecule has 0 amide bonds. The molecule has 0 bridgehead atoms. The first-order valence-corrected chi connectivity index (χ1v) is 5.67. The molecule has 1 aromatic rings. The highest BCUT2D eigenvalue weighted by Gasteiger charge is 2.29. The molecule has 1 aromatic heterocycles. The van der Waals surface area contributed by atoms with Crippen molar-refractivity contribution < 1.29 is 13.2 Å². The first kappa shape index (κ1) is 18.1. The van der Waals surface area contributed by atoms with E-state index in [-0.39, 0.29) is 39.6 Å². The number of rotatable bonds is 3. The van der Waals surface area contributed by atoms with Crippen LogP contribution in [-0.2, 0) is 0 Å². The van der Waals surface area contributed by atoms with E-state index >= 15 is 0 Å². The van der Waals surface area contributed by atoms with Crippen LogP contribution in [0.4, 0.5) is 13.2 Å². The second-order valence-corrected chi connectivity index (χ2v) is 4.53. The summed E-state index contributed by atoms with van der Waals surface area (Å²) in [5.41, 5.74) is 5.81. The normalized spacial score (nSPS) is 13.1. The van der Waals surface area contributed by atoms with Crippen LogP contribution in [0.15, 0.2) is 6.20 Å². The van der Waals surface area contributed by atoms with Crippen molar-refractivity contribution in [3.63, 3.8) is 0 Å². The molecule has 0 saturated heterocycles. The minimum atomic E-state index is -4.27. The van der Waals surface area contributed by atoms with E-state index in [1.807, 2.05) is 0 Å². The predicted molar refractivity (Wildman–Crippen MR) is 68.7 cm³/mol. The van der Waals surface area contributed by atoms with E-state index in [0.29, 0.717) is 0 Å². The summed E-state index contributed by atoms with van der Waals surface area (Å²) in [4.78, 5) is 3.65. The molecule has 1 rings (SSSR count). The first-order valence-electron chi connectivity index (χ1n) is 4.54. The fourth-order valence-corrected chi connectivity index (χ4v) is 2.03. The zero-order valence-corrected chi connectivity index (χ0v) is 11.9. The van der Waals surface area contributed by atoms with Crippen molar-refractivity contribution in [1.82, 2.24) is 4.98 Å². The van der Waals surface area contributed by atoms with Crippen molar-refractivity contribution in [2.75, 3.05) is 0 Å². The van der Waals surface area contributed by atoms with Crippen LogP contribution in [0.5, 0.6) is 0 Å². The van der Waals surface area contributed by atoms with E-state index in [0.717, 1.165) is 0 Å². The van der Waals surface area contributed by atoms with Crippen LogP contribution in [0.25, 0.3) is 0 Å². The Kier molecular flexibility index (Phi) is 7.03. The molecule has 18 heavy (non-hydrogen) atoms. The maximum Gasteiger partial charge on any atom is 0.389 e. The summed E-state index contributed by atoms with van der Waals surface area (Å²) >= 11 is 17.2. The number of hydrogen-bond donors (Lipinski definition) is 1. The third-order valence-corrected chi connectivity index (χ3v) is 3.14. The Hall–Kier alpha value is 0.0600. The van der Waals surface area contributed by atoms with Crippen LogP contribution in [0, 0.1) is 0 Å². The van der Waals surface area contributed by atoms with Gasteiger partial charge in [0.1, 0.15) is 5.15 Å². The second-order valence-electron chi connectivity index (χ2n) is 3.38. The minimum Gasteiger partial charge on any atom is -0.324 e. The fourth-order valence-electron chi connectivity index (χ4n) is 1.26. The van der Waals surface area contributed by atoms with Gasteiger partial charge in [-0.2, -0.15) is 13.2 Å². The average molecular weight is 344 g/mol. The van der Waals surface area contributed by atoms with Gasteiger partial charge in [0, 0.05) is 24.2 Å². The lowest BCUT2D eigenvalue weighted by molar-refractivity contribution is -0.136. The van der Waals surface area contributed by atoms with Gasteiger partial charge >= 0.3 is 6.18 Å². The summed E-state index contributed by atoms with van der Waals surface area (Å²) < 4.78 is 36.2. The number of nitrogens with two attached hydrogens (primary N) is 1. The highest BCUT2D eigenvalue weighted by Crippen LogP contribution is 2.36. The van der Waals surface area contributed by atoms with Crippen LogP contribution < -0.4 is 5.73 Å². The molecule has 0 aliphatic carbocycles. The number of alkyl halides is 3. The summed E-state index contributed by atoms with van der Waals surface area (Å²) in [5, 5.41) is 0.0661. The van der Waals surface area contributed by atoms with Crippen molar-refractivity contribution in [3.05, 3.63) is 27.0 Å². The lowest BCUT2D eigenvalue weighted by atomic mass is 10.0. The molecule has 0 spiro atoms. The quantitative estimate of drug-likeness (QED) is 0.800. The molecule has 2 N–H and O–H groups in total. The lowest BCUT2D eigenvalue weighted by Crippen LogP contribution is -2.16. The Morgan fingerprint density at radius 1 is 1.28 bits per heavy atom. The molecule has 1 heterocycles. The van der Waals surface area contributed by atoms with Gasteiger partial charge in [-0.3, -0.25) is 0 Å². The van der Waals surface area contributed by atoms with E-state index in [9.17, 15) is 13.2 Å². The molecule has 0 fully saturated rings. The van der Waals surface area contributed by atoms with Gasteiger partial charge in [0.05, 0.1) is 10.0 Å². The molecule has 104 valence electrons. The Bertz CT molecular complexity index is 412. The lowest BCUT2D eigenvalue weighted by Gasteiger charge is -2.16. The molecule has 0 radical (unpaired) electrons. The van der Waals surface area contributed by atoms with Gasteiger partial charge < -0.3 is 5.73 Å². The van der Waals surface area contributed by atoms with Gasteiger partial charge in [-0.25, -0.2) is 4.98 Å². The van der Waals surface area contributed by atoms with Gasteiger partial charge in [-0.05, 0) is 6.42 Å². The largest absolute Gasteiger partial charge is 0.389 e. The summed E-state index contributed by atoms with van der Waals surface area (Å²) in [7, 11) is 0. The Labute approximate surface area is 123 Å². The van der Waals surface area contributed by atoms with Crippen LogP contribution >= 0.6 is 47.2 Å². The summed E-state index contributed by atoms with van der Waals surface area (Å²) in [5.74, 6) is 0. The zero-order valence-electron chi connectivity index (χ0n) is 8.77. The molecule has 0 aromatic carbocycles. The second kappa shape index (κ2) is 7.01.